The summed E-state index contributed by atoms with van der Waals surface area (Å²) in [7, 11) is 0. The van der Waals surface area contributed by atoms with Gasteiger partial charge in [0.1, 0.15) is 5.01 Å². The van der Waals surface area contributed by atoms with Crippen molar-refractivity contribution in [2.24, 2.45) is 0 Å². The van der Waals surface area contributed by atoms with E-state index in [0.717, 1.165) is 10.6 Å². The minimum absolute atomic E-state index is 0.292. The number of nitrogens with one attached hydrogen (secondary N) is 1. The number of carbonyl (C=O) groups excluding carboxylic acids is 1. The van der Waals surface area contributed by atoms with Gasteiger partial charge in [-0.3, -0.25) is 10.1 Å². The molecule has 0 saturated carbocycles. The summed E-state index contributed by atoms with van der Waals surface area (Å²) in [6, 6.07) is 6.91. The third-order valence-electron chi connectivity index (χ3n) is 4.40. The molecule has 0 spiro atoms. The summed E-state index contributed by atoms with van der Waals surface area (Å²) in [6.07, 6.45) is 0. The summed E-state index contributed by atoms with van der Waals surface area (Å²) >= 11 is 13.3. The van der Waals surface area contributed by atoms with E-state index in [0.29, 0.717) is 20.7 Å². The van der Waals surface area contributed by atoms with Crippen LogP contribution in [-0.2, 0) is 0 Å². The van der Waals surface area contributed by atoms with E-state index in [9.17, 15) is 4.79 Å². The molecule has 1 N–H and O–H groups in total. The molecule has 1 amide bonds. The van der Waals surface area contributed by atoms with Crippen LogP contribution in [0, 0.1) is 27.7 Å². The molecule has 134 valence electrons. The Labute approximate surface area is 166 Å². The van der Waals surface area contributed by atoms with E-state index >= 15 is 0 Å². The van der Waals surface area contributed by atoms with Gasteiger partial charge in [0, 0.05) is 10.6 Å². The van der Waals surface area contributed by atoms with Crippen molar-refractivity contribution in [3.8, 4) is 10.6 Å². The zero-order valence-corrected chi connectivity index (χ0v) is 17.1. The largest absolute Gasteiger partial charge is 0.296 e. The zero-order chi connectivity index (χ0) is 19.0. The van der Waals surface area contributed by atoms with E-state index in [1.807, 2.05) is 0 Å². The third-order valence-corrected chi connectivity index (χ3v) is 5.81. The van der Waals surface area contributed by atoms with E-state index in [-0.39, 0.29) is 5.91 Å². The van der Waals surface area contributed by atoms with Crippen LogP contribution >= 0.6 is 34.5 Å². The van der Waals surface area contributed by atoms with E-state index in [1.165, 1.54) is 39.7 Å². The standard InChI is InChI=1S/C19H17Cl2N3OS/c1-9-7-10(2)12(4)16(11(9)3)18-23-24-19(26-18)22-17(25)14-6-5-13(20)8-15(14)21/h5-8H,1-4H3,(H,22,24,25). The fourth-order valence-electron chi connectivity index (χ4n) is 2.75. The summed E-state index contributed by atoms with van der Waals surface area (Å²) in [4.78, 5) is 12.4. The predicted octanol–water partition coefficient (Wildman–Crippen LogP) is 6.00. The van der Waals surface area contributed by atoms with Gasteiger partial charge in [-0.05, 0) is 68.1 Å². The highest BCUT2D eigenvalue weighted by Gasteiger charge is 2.17. The highest BCUT2D eigenvalue weighted by Crippen LogP contribution is 2.35. The van der Waals surface area contributed by atoms with Crippen molar-refractivity contribution in [1.82, 2.24) is 10.2 Å². The first-order valence-electron chi connectivity index (χ1n) is 7.95. The molecule has 3 aromatic rings. The highest BCUT2D eigenvalue weighted by molar-refractivity contribution is 7.18. The molecule has 1 heterocycles. The maximum absolute atomic E-state index is 12.4. The second-order valence-electron chi connectivity index (χ2n) is 6.13. The van der Waals surface area contributed by atoms with Crippen molar-refractivity contribution in [1.29, 1.82) is 0 Å². The molecule has 0 unspecified atom stereocenters. The minimum Gasteiger partial charge on any atom is -0.296 e. The quantitative estimate of drug-likeness (QED) is 0.581. The first-order valence-corrected chi connectivity index (χ1v) is 9.53. The molecular formula is C19H17Cl2N3OS. The lowest BCUT2D eigenvalue weighted by Crippen LogP contribution is -2.12. The average molecular weight is 406 g/mol. The van der Waals surface area contributed by atoms with Gasteiger partial charge in [0.15, 0.2) is 0 Å². The number of aromatic nitrogens is 2. The van der Waals surface area contributed by atoms with Crippen molar-refractivity contribution in [3.63, 3.8) is 0 Å². The molecule has 0 saturated heterocycles. The number of carbonyl (C=O) groups is 1. The Morgan fingerprint density at radius 1 is 1.00 bits per heavy atom. The topological polar surface area (TPSA) is 54.9 Å². The van der Waals surface area contributed by atoms with Crippen LogP contribution in [0.2, 0.25) is 10.0 Å². The van der Waals surface area contributed by atoms with Crippen molar-refractivity contribution < 1.29 is 4.79 Å². The lowest BCUT2D eigenvalue weighted by molar-refractivity contribution is 0.102. The second-order valence-corrected chi connectivity index (χ2v) is 7.95. The average Bonchev–Trinajstić information content (AvgIpc) is 3.01. The van der Waals surface area contributed by atoms with Gasteiger partial charge in [0.05, 0.1) is 10.6 Å². The fraction of sp³-hybridized carbons (Fsp3) is 0.211. The van der Waals surface area contributed by atoms with Gasteiger partial charge in [-0.2, -0.15) is 0 Å². The van der Waals surface area contributed by atoms with Crippen LogP contribution in [0.25, 0.3) is 10.6 Å². The van der Waals surface area contributed by atoms with Gasteiger partial charge in [0.25, 0.3) is 5.91 Å². The van der Waals surface area contributed by atoms with Crippen LogP contribution in [0.1, 0.15) is 32.6 Å². The van der Waals surface area contributed by atoms with Crippen LogP contribution in [0.5, 0.6) is 0 Å². The van der Waals surface area contributed by atoms with Gasteiger partial charge in [-0.15, -0.1) is 10.2 Å². The summed E-state index contributed by atoms with van der Waals surface area (Å²) in [5, 5.41) is 13.1. The molecule has 0 radical (unpaired) electrons. The first-order chi connectivity index (χ1) is 12.3. The number of aryl methyl sites for hydroxylation is 2. The molecule has 4 nitrogen and oxygen atoms in total. The normalized spacial score (nSPS) is 10.8. The summed E-state index contributed by atoms with van der Waals surface area (Å²) in [5.41, 5.74) is 6.16. The van der Waals surface area contributed by atoms with E-state index in [4.69, 9.17) is 23.2 Å². The summed E-state index contributed by atoms with van der Waals surface area (Å²) < 4.78 is 0. The minimum atomic E-state index is -0.344. The number of nitrogens with zero attached hydrogens (tertiary/aromatic N) is 2. The molecule has 3 rings (SSSR count). The molecule has 0 fully saturated rings. The molecule has 0 aliphatic rings. The molecule has 0 aliphatic heterocycles. The Hall–Kier alpha value is -1.95. The molecule has 26 heavy (non-hydrogen) atoms. The first kappa shape index (κ1) is 18.8. The van der Waals surface area contributed by atoms with Gasteiger partial charge in [0.2, 0.25) is 5.13 Å². The Bertz CT molecular complexity index is 988. The molecule has 0 atom stereocenters. The van der Waals surface area contributed by atoms with Crippen LogP contribution in [-0.4, -0.2) is 16.1 Å². The number of halogens is 2. The number of rotatable bonds is 3. The van der Waals surface area contributed by atoms with Gasteiger partial charge < -0.3 is 0 Å². The monoisotopic (exact) mass is 405 g/mol. The maximum atomic E-state index is 12.4. The Morgan fingerprint density at radius 2 is 1.65 bits per heavy atom. The number of amides is 1. The third kappa shape index (κ3) is 3.61. The SMILES string of the molecule is Cc1cc(C)c(C)c(-c2nnc(NC(=O)c3ccc(Cl)cc3Cl)s2)c1C. The van der Waals surface area contributed by atoms with Gasteiger partial charge >= 0.3 is 0 Å². The predicted molar refractivity (Wildman–Crippen MR) is 109 cm³/mol. The van der Waals surface area contributed by atoms with E-state index in [2.05, 4.69) is 49.3 Å². The number of anilines is 1. The molecule has 0 bridgehead atoms. The maximum Gasteiger partial charge on any atom is 0.259 e. The highest BCUT2D eigenvalue weighted by atomic mass is 35.5. The molecule has 7 heteroatoms. The molecule has 1 aromatic heterocycles. The Kier molecular flexibility index (Phi) is 5.32. The van der Waals surface area contributed by atoms with Crippen molar-refractivity contribution in [2.45, 2.75) is 27.7 Å². The fourth-order valence-corrected chi connectivity index (χ4v) is 4.14. The Morgan fingerprint density at radius 3 is 2.27 bits per heavy atom. The zero-order valence-electron chi connectivity index (χ0n) is 14.8. The van der Waals surface area contributed by atoms with E-state index in [1.54, 1.807) is 12.1 Å². The lowest BCUT2D eigenvalue weighted by atomic mass is 9.95. The molecule has 2 aromatic carbocycles. The van der Waals surface area contributed by atoms with Crippen molar-refractivity contribution in [3.05, 3.63) is 62.1 Å². The van der Waals surface area contributed by atoms with Crippen molar-refractivity contribution >= 4 is 45.6 Å². The number of hydrogen-bond donors (Lipinski definition) is 1. The van der Waals surface area contributed by atoms with Crippen LogP contribution in [0.3, 0.4) is 0 Å². The van der Waals surface area contributed by atoms with Crippen LogP contribution in [0.4, 0.5) is 5.13 Å². The molecular weight excluding hydrogens is 389 g/mol. The smallest absolute Gasteiger partial charge is 0.259 e. The lowest BCUT2D eigenvalue weighted by Gasteiger charge is -2.12. The van der Waals surface area contributed by atoms with E-state index < -0.39 is 0 Å². The second kappa shape index (κ2) is 7.35. The summed E-state index contributed by atoms with van der Waals surface area (Å²) in [5.74, 6) is -0.344. The van der Waals surface area contributed by atoms with Crippen LogP contribution in [0.15, 0.2) is 24.3 Å². The number of benzene rings is 2. The van der Waals surface area contributed by atoms with Crippen LogP contribution < -0.4 is 5.32 Å². The van der Waals surface area contributed by atoms with Gasteiger partial charge in [-0.25, -0.2) is 0 Å². The molecule has 0 aliphatic carbocycles. The summed E-state index contributed by atoms with van der Waals surface area (Å²) in [6.45, 7) is 8.31. The van der Waals surface area contributed by atoms with Crippen molar-refractivity contribution in [2.75, 3.05) is 5.32 Å². The number of hydrogen-bond acceptors (Lipinski definition) is 4. The van der Waals surface area contributed by atoms with Gasteiger partial charge in [-0.1, -0.05) is 40.6 Å². The Balaban J connectivity index is 1.91.